The average molecular weight is 926 g/mol. The summed E-state index contributed by atoms with van der Waals surface area (Å²) in [6.45, 7) is 11.9. The number of rotatable bonds is 7. The van der Waals surface area contributed by atoms with Gasteiger partial charge >= 0.3 is 0 Å². The SMILES string of the molecule is C=C(C=CC=C(CO)C1CCC2(C3CCC(O)Cc4cccc(c4)C4CSSCc5ccc6c(c5CC(=O)C(C)=C3CCC2(C)O)C(NCC(O)C4)C(=O)NC6N)C1O)CCC=C(C)C. The molecule has 12 heteroatoms. The normalized spacial score (nSPS) is 32.7. The van der Waals surface area contributed by atoms with Crippen LogP contribution < -0.4 is 16.4 Å². The lowest BCUT2D eigenvalue weighted by Crippen LogP contribution is -2.59. The first-order chi connectivity index (χ1) is 31.0. The summed E-state index contributed by atoms with van der Waals surface area (Å²) < 4.78 is 0. The Morgan fingerprint density at radius 2 is 1.85 bits per heavy atom. The number of Topliss-reactive ketones (excluding diaryl/α,β-unsaturated/α-hetero) is 1. The fourth-order valence-corrected chi connectivity index (χ4v) is 14.2. The topological polar surface area (TPSA) is 185 Å². The molecule has 2 aromatic rings. The van der Waals surface area contributed by atoms with E-state index >= 15 is 4.79 Å². The molecule has 0 saturated heterocycles. The van der Waals surface area contributed by atoms with Crippen molar-refractivity contribution in [3.63, 3.8) is 0 Å². The van der Waals surface area contributed by atoms with E-state index in [-0.39, 0.29) is 37.2 Å². The van der Waals surface area contributed by atoms with Gasteiger partial charge in [-0.05, 0) is 148 Å². The lowest BCUT2D eigenvalue weighted by molar-refractivity contribution is -0.168. The number of fused-ring (bicyclic) bond motifs is 9. The molecule has 9 N–H and O–H groups in total. The molecule has 1 spiro atoms. The number of aliphatic hydroxyl groups is 5. The van der Waals surface area contributed by atoms with Crippen molar-refractivity contribution in [2.24, 2.45) is 23.0 Å². The molecule has 5 aliphatic rings. The van der Waals surface area contributed by atoms with Crippen LogP contribution in [0.3, 0.4) is 0 Å². The first-order valence-electron chi connectivity index (χ1n) is 23.6. The maximum absolute atomic E-state index is 15.1. The van der Waals surface area contributed by atoms with Crippen LogP contribution in [-0.2, 0) is 28.2 Å². The van der Waals surface area contributed by atoms with Crippen molar-refractivity contribution in [3.8, 4) is 0 Å². The molecule has 10 nitrogen and oxygen atoms in total. The number of carbonyl (C=O) groups is 2. The Morgan fingerprint density at radius 3 is 2.62 bits per heavy atom. The van der Waals surface area contributed by atoms with Gasteiger partial charge in [0.15, 0.2) is 5.78 Å². The fraction of sp³-hybridized carbons (Fsp3) is 0.547. The van der Waals surface area contributed by atoms with Crippen LogP contribution in [0.1, 0.15) is 137 Å². The predicted octanol–water partition coefficient (Wildman–Crippen LogP) is 7.66. The minimum absolute atomic E-state index is 0.00665. The number of hydrogen-bond acceptors (Lipinski definition) is 11. The van der Waals surface area contributed by atoms with Crippen molar-refractivity contribution in [1.82, 2.24) is 10.6 Å². The van der Waals surface area contributed by atoms with Crippen LogP contribution in [-0.4, -0.2) is 80.0 Å². The summed E-state index contributed by atoms with van der Waals surface area (Å²) in [5, 5.41) is 65.8. The molecular weight excluding hydrogens is 855 g/mol. The van der Waals surface area contributed by atoms with Gasteiger partial charge < -0.3 is 36.6 Å². The van der Waals surface area contributed by atoms with Gasteiger partial charge in [-0.25, -0.2) is 0 Å². The second-order valence-electron chi connectivity index (χ2n) is 19.8. The number of carbonyl (C=O) groups excluding carboxylic acids is 2. The Morgan fingerprint density at radius 1 is 1.05 bits per heavy atom. The van der Waals surface area contributed by atoms with E-state index in [1.165, 1.54) is 5.57 Å². The van der Waals surface area contributed by atoms with Crippen molar-refractivity contribution in [3.05, 3.63) is 129 Å². The Balaban J connectivity index is 1.32. The van der Waals surface area contributed by atoms with Crippen LogP contribution in [0.2, 0.25) is 0 Å². The smallest absolute Gasteiger partial charge is 0.243 e. The third-order valence-corrected chi connectivity index (χ3v) is 17.7. The Kier molecular flexibility index (Phi) is 16.3. The summed E-state index contributed by atoms with van der Waals surface area (Å²) in [5.74, 6) is 0.00318. The fourth-order valence-electron chi connectivity index (χ4n) is 11.7. The number of allylic oxidation sites excluding steroid dienone is 8. The van der Waals surface area contributed by atoms with Gasteiger partial charge in [-0.2, -0.15) is 0 Å². The largest absolute Gasteiger partial charge is 0.393 e. The Bertz CT molecular complexity index is 2230. The maximum atomic E-state index is 15.1. The molecule has 10 unspecified atom stereocenters. The van der Waals surface area contributed by atoms with E-state index in [0.29, 0.717) is 73.8 Å². The number of nitrogens with one attached hydrogen (secondary N) is 2. The number of hydrogen-bond donors (Lipinski definition) is 8. The summed E-state index contributed by atoms with van der Waals surface area (Å²) in [6, 6.07) is 11.4. The van der Waals surface area contributed by atoms with E-state index in [1.807, 2.05) is 56.3 Å². The minimum atomic E-state index is -1.32. The molecule has 0 radical (unpaired) electrons. The highest BCUT2D eigenvalue weighted by molar-refractivity contribution is 8.76. The lowest BCUT2D eigenvalue weighted by atomic mass is 9.52. The molecule has 3 aliphatic heterocycles. The molecule has 0 aromatic heterocycles. The first kappa shape index (κ1) is 49.6. The minimum Gasteiger partial charge on any atom is -0.393 e. The molecule has 2 aromatic carbocycles. The molecule has 3 heterocycles. The quantitative estimate of drug-likeness (QED) is 0.0775. The molecule has 2 fully saturated rings. The van der Waals surface area contributed by atoms with Crippen molar-refractivity contribution < 1.29 is 35.1 Å². The van der Waals surface area contributed by atoms with Gasteiger partial charge in [0.25, 0.3) is 0 Å². The molecule has 7 rings (SSSR count). The third kappa shape index (κ3) is 10.7. The van der Waals surface area contributed by atoms with Crippen LogP contribution in [0.15, 0.2) is 95.1 Å². The number of ketones is 1. The highest BCUT2D eigenvalue weighted by Crippen LogP contribution is 2.63. The van der Waals surface area contributed by atoms with Crippen LogP contribution in [0.25, 0.3) is 0 Å². The molecule has 352 valence electrons. The predicted molar refractivity (Wildman–Crippen MR) is 263 cm³/mol. The van der Waals surface area contributed by atoms with Crippen molar-refractivity contribution in [2.75, 3.05) is 18.9 Å². The Hall–Kier alpha value is -3.30. The highest BCUT2D eigenvalue weighted by atomic mass is 33.1. The zero-order chi connectivity index (χ0) is 46.6. The van der Waals surface area contributed by atoms with Gasteiger partial charge in [-0.3, -0.25) is 14.9 Å². The third-order valence-electron chi connectivity index (χ3n) is 15.3. The standard InChI is InChI=1S/C53H71N3O7S2/c1-31(2)9-6-10-32(3)11-7-14-36(28-57)42-20-22-53(49(42)61)45-18-16-39(58)24-34-12-8-13-35(23-34)38-25-40(59)27-55-48-47-43(50(54)56-51(48)62)17-15-37(29-64-65-30-38)44(47)26-46(60)33(4)41(45)19-21-52(53,5)63/h7-9,11-15,17,23,38-40,42,45,48-50,55,57-59,61,63H,3,6,10,16,18-22,24-30,54H2,1-2,4-5H3,(H,56,62). The second kappa shape index (κ2) is 21.3. The monoisotopic (exact) mass is 925 g/mol. The van der Waals surface area contributed by atoms with Gasteiger partial charge in [-0.1, -0.05) is 106 Å². The molecule has 65 heavy (non-hydrogen) atoms. The van der Waals surface area contributed by atoms with E-state index in [0.717, 1.165) is 57.6 Å². The summed E-state index contributed by atoms with van der Waals surface area (Å²) >= 11 is 0. The summed E-state index contributed by atoms with van der Waals surface area (Å²) in [4.78, 5) is 29.0. The number of nitrogens with two attached hydrogens (primary N) is 1. The van der Waals surface area contributed by atoms with Gasteiger partial charge in [0.1, 0.15) is 12.2 Å². The van der Waals surface area contributed by atoms with E-state index in [9.17, 15) is 30.3 Å². The van der Waals surface area contributed by atoms with E-state index in [2.05, 4.69) is 49.3 Å². The summed E-state index contributed by atoms with van der Waals surface area (Å²) in [6.07, 6.45) is 9.74. The van der Waals surface area contributed by atoms with Crippen LogP contribution in [0.5, 0.6) is 0 Å². The number of β-amino-alcohol motifs (C(OH)–C–C–N with tert-alkyl or cyclic N) is 1. The van der Waals surface area contributed by atoms with Crippen molar-refractivity contribution >= 4 is 33.3 Å². The lowest BCUT2D eigenvalue weighted by Gasteiger charge is -2.56. The Labute approximate surface area is 393 Å². The summed E-state index contributed by atoms with van der Waals surface area (Å²) in [5.41, 5.74) is 13.7. The molecular formula is C53H71N3O7S2. The van der Waals surface area contributed by atoms with Crippen LogP contribution in [0, 0.1) is 17.3 Å². The average Bonchev–Trinajstić information content (AvgIpc) is 3.60. The van der Waals surface area contributed by atoms with E-state index in [1.54, 1.807) is 21.6 Å². The molecule has 6 bridgehead atoms. The van der Waals surface area contributed by atoms with Gasteiger partial charge in [-0.15, -0.1) is 0 Å². The molecule has 2 saturated carbocycles. The zero-order valence-corrected chi connectivity index (χ0v) is 40.3. The van der Waals surface area contributed by atoms with Crippen LogP contribution in [0.4, 0.5) is 0 Å². The number of benzene rings is 2. The second-order valence-corrected chi connectivity index (χ2v) is 22.3. The van der Waals surface area contributed by atoms with E-state index < -0.39 is 53.4 Å². The summed E-state index contributed by atoms with van der Waals surface area (Å²) in [7, 11) is 3.42. The molecule has 2 aliphatic carbocycles. The number of amides is 1. The maximum Gasteiger partial charge on any atom is 0.243 e. The van der Waals surface area contributed by atoms with Gasteiger partial charge in [0.05, 0.1) is 30.5 Å². The van der Waals surface area contributed by atoms with Gasteiger partial charge in [0, 0.05) is 35.8 Å². The van der Waals surface area contributed by atoms with E-state index in [4.69, 9.17) is 5.73 Å². The molecule has 1 amide bonds. The zero-order valence-electron chi connectivity index (χ0n) is 38.7. The number of aliphatic hydroxyl groups excluding tert-OH is 4. The van der Waals surface area contributed by atoms with Crippen molar-refractivity contribution in [1.29, 1.82) is 0 Å². The van der Waals surface area contributed by atoms with Gasteiger partial charge in [0.2, 0.25) is 5.91 Å². The van der Waals surface area contributed by atoms with Crippen LogP contribution >= 0.6 is 21.6 Å². The molecule has 10 atom stereocenters. The highest BCUT2D eigenvalue weighted by Gasteiger charge is 2.64. The first-order valence-corrected chi connectivity index (χ1v) is 26.1. The van der Waals surface area contributed by atoms with Crippen molar-refractivity contribution in [2.45, 2.75) is 146 Å².